The van der Waals surface area contributed by atoms with Crippen molar-refractivity contribution in [1.29, 1.82) is 0 Å². The first-order valence-corrected chi connectivity index (χ1v) is 6.49. The molecule has 2 rings (SSSR count). The highest BCUT2D eigenvalue weighted by Gasteiger charge is 2.14. The average Bonchev–Trinajstić information content (AvgIpc) is 2.92. The zero-order chi connectivity index (χ0) is 15.2. The molecule has 2 aromatic rings. The number of aldehydes is 1. The van der Waals surface area contributed by atoms with Crippen molar-refractivity contribution in [2.45, 2.75) is 6.42 Å². The van der Waals surface area contributed by atoms with E-state index >= 15 is 0 Å². The van der Waals surface area contributed by atoms with Gasteiger partial charge < -0.3 is 18.8 Å². The van der Waals surface area contributed by atoms with Crippen LogP contribution in [0.25, 0.3) is 0 Å². The topological polar surface area (TPSA) is 62.6 Å². The summed E-state index contributed by atoms with van der Waals surface area (Å²) in [7, 11) is 4.98. The van der Waals surface area contributed by atoms with Gasteiger partial charge in [-0.05, 0) is 12.1 Å². The van der Waals surface area contributed by atoms with Gasteiger partial charge in [0, 0.05) is 31.4 Å². The van der Waals surface area contributed by atoms with Crippen LogP contribution in [-0.4, -0.2) is 36.7 Å². The lowest BCUT2D eigenvalue weighted by atomic mass is 10.2. The molecule has 0 aliphatic heterocycles. The maximum atomic E-state index is 10.9. The second kappa shape index (κ2) is 6.78. The molecule has 21 heavy (non-hydrogen) atoms. The number of carbonyl (C=O) groups excluding carboxylic acids is 1. The fourth-order valence-corrected chi connectivity index (χ4v) is 1.99. The standard InChI is InChI=1S/C15H18N2O4/c1-17-6-5-16-14(17)4-7-21-15-12(19-2)8-11(10-18)9-13(15)20-3/h5-6,8-10H,4,7H2,1-3H3. The van der Waals surface area contributed by atoms with Crippen molar-refractivity contribution in [3.05, 3.63) is 35.9 Å². The summed E-state index contributed by atoms with van der Waals surface area (Å²) < 4.78 is 18.2. The van der Waals surface area contributed by atoms with Crippen molar-refractivity contribution in [2.24, 2.45) is 7.05 Å². The molecule has 0 aliphatic rings. The zero-order valence-corrected chi connectivity index (χ0v) is 12.3. The Hall–Kier alpha value is -2.50. The van der Waals surface area contributed by atoms with Crippen molar-refractivity contribution in [3.8, 4) is 17.2 Å². The van der Waals surface area contributed by atoms with Gasteiger partial charge in [-0.1, -0.05) is 0 Å². The van der Waals surface area contributed by atoms with Crippen LogP contribution in [0.5, 0.6) is 17.2 Å². The Morgan fingerprint density at radius 1 is 1.24 bits per heavy atom. The molecule has 6 heteroatoms. The lowest BCUT2D eigenvalue weighted by Crippen LogP contribution is -2.08. The van der Waals surface area contributed by atoms with E-state index in [-0.39, 0.29) is 0 Å². The van der Waals surface area contributed by atoms with Crippen LogP contribution in [0, 0.1) is 0 Å². The van der Waals surface area contributed by atoms with Crippen LogP contribution >= 0.6 is 0 Å². The lowest BCUT2D eigenvalue weighted by Gasteiger charge is -2.15. The Balaban J connectivity index is 2.14. The number of ether oxygens (including phenoxy) is 3. The van der Waals surface area contributed by atoms with Crippen LogP contribution < -0.4 is 14.2 Å². The van der Waals surface area contributed by atoms with E-state index < -0.39 is 0 Å². The van der Waals surface area contributed by atoms with Crippen molar-refractivity contribution in [3.63, 3.8) is 0 Å². The van der Waals surface area contributed by atoms with Gasteiger partial charge in [0.15, 0.2) is 11.5 Å². The molecular formula is C15H18N2O4. The molecule has 0 amide bonds. The highest BCUT2D eigenvalue weighted by molar-refractivity contribution is 5.78. The molecule has 0 saturated heterocycles. The smallest absolute Gasteiger partial charge is 0.203 e. The molecule has 0 N–H and O–H groups in total. The third-order valence-corrected chi connectivity index (χ3v) is 3.11. The summed E-state index contributed by atoms with van der Waals surface area (Å²) in [6, 6.07) is 3.23. The Kier molecular flexibility index (Phi) is 4.81. The van der Waals surface area contributed by atoms with Gasteiger partial charge in [-0.2, -0.15) is 0 Å². The number of benzene rings is 1. The summed E-state index contributed by atoms with van der Waals surface area (Å²) in [5.74, 6) is 2.35. The molecule has 112 valence electrons. The molecule has 0 bridgehead atoms. The lowest BCUT2D eigenvalue weighted by molar-refractivity contribution is 0.112. The largest absolute Gasteiger partial charge is 0.493 e. The van der Waals surface area contributed by atoms with Gasteiger partial charge >= 0.3 is 0 Å². The number of rotatable bonds is 7. The monoisotopic (exact) mass is 290 g/mol. The number of hydrogen-bond donors (Lipinski definition) is 0. The van der Waals surface area contributed by atoms with E-state index in [9.17, 15) is 4.79 Å². The number of imidazole rings is 1. The van der Waals surface area contributed by atoms with E-state index in [1.165, 1.54) is 14.2 Å². The predicted octanol–water partition coefficient (Wildman–Crippen LogP) is 1.87. The van der Waals surface area contributed by atoms with Crippen LogP contribution in [0.3, 0.4) is 0 Å². The summed E-state index contributed by atoms with van der Waals surface area (Å²) in [4.78, 5) is 15.1. The van der Waals surface area contributed by atoms with Crippen LogP contribution in [0.15, 0.2) is 24.5 Å². The minimum atomic E-state index is 0.429. The van der Waals surface area contributed by atoms with E-state index in [4.69, 9.17) is 14.2 Å². The zero-order valence-electron chi connectivity index (χ0n) is 12.3. The molecular weight excluding hydrogens is 272 g/mol. The Morgan fingerprint density at radius 2 is 1.90 bits per heavy atom. The van der Waals surface area contributed by atoms with Crippen molar-refractivity contribution >= 4 is 6.29 Å². The molecule has 1 aromatic carbocycles. The normalized spacial score (nSPS) is 10.2. The Labute approximate surface area is 123 Å². The molecule has 0 unspecified atom stereocenters. The predicted molar refractivity (Wildman–Crippen MR) is 77.3 cm³/mol. The fourth-order valence-electron chi connectivity index (χ4n) is 1.99. The van der Waals surface area contributed by atoms with Crippen LogP contribution in [0.4, 0.5) is 0 Å². The van der Waals surface area contributed by atoms with Crippen LogP contribution in [0.2, 0.25) is 0 Å². The molecule has 0 fully saturated rings. The molecule has 0 atom stereocenters. The van der Waals surface area contributed by atoms with E-state index in [0.29, 0.717) is 35.8 Å². The summed E-state index contributed by atoms with van der Waals surface area (Å²) in [6.45, 7) is 0.429. The second-order valence-corrected chi connectivity index (χ2v) is 4.43. The highest BCUT2D eigenvalue weighted by atomic mass is 16.5. The molecule has 0 spiro atoms. The third kappa shape index (κ3) is 3.34. The summed E-state index contributed by atoms with van der Waals surface area (Å²) >= 11 is 0. The van der Waals surface area contributed by atoms with E-state index in [1.807, 2.05) is 17.8 Å². The van der Waals surface area contributed by atoms with Gasteiger partial charge in [0.1, 0.15) is 12.1 Å². The maximum absolute atomic E-state index is 10.9. The number of aromatic nitrogens is 2. The molecule has 0 radical (unpaired) electrons. The van der Waals surface area contributed by atoms with E-state index in [1.54, 1.807) is 18.3 Å². The number of carbonyl (C=O) groups is 1. The van der Waals surface area contributed by atoms with Gasteiger partial charge in [-0.15, -0.1) is 0 Å². The first-order valence-electron chi connectivity index (χ1n) is 6.49. The quantitative estimate of drug-likeness (QED) is 0.728. The van der Waals surface area contributed by atoms with E-state index in [2.05, 4.69) is 4.98 Å². The minimum absolute atomic E-state index is 0.429. The summed E-state index contributed by atoms with van der Waals surface area (Å²) in [5.41, 5.74) is 0.472. The number of hydrogen-bond acceptors (Lipinski definition) is 5. The SMILES string of the molecule is COc1cc(C=O)cc(OC)c1OCCc1nccn1C. The number of methoxy groups -OCH3 is 2. The molecule has 1 heterocycles. The Morgan fingerprint density at radius 3 is 2.38 bits per heavy atom. The molecule has 0 saturated carbocycles. The van der Waals surface area contributed by atoms with Gasteiger partial charge in [-0.25, -0.2) is 4.98 Å². The van der Waals surface area contributed by atoms with Gasteiger partial charge in [0.25, 0.3) is 0 Å². The third-order valence-electron chi connectivity index (χ3n) is 3.11. The van der Waals surface area contributed by atoms with Gasteiger partial charge in [0.05, 0.1) is 20.8 Å². The average molecular weight is 290 g/mol. The van der Waals surface area contributed by atoms with Gasteiger partial charge in [0.2, 0.25) is 5.75 Å². The number of nitrogens with zero attached hydrogens (tertiary/aromatic N) is 2. The van der Waals surface area contributed by atoms with Crippen molar-refractivity contribution in [2.75, 3.05) is 20.8 Å². The first-order chi connectivity index (χ1) is 10.2. The fraction of sp³-hybridized carbons (Fsp3) is 0.333. The van der Waals surface area contributed by atoms with Crippen molar-refractivity contribution < 1.29 is 19.0 Å². The van der Waals surface area contributed by atoms with E-state index in [0.717, 1.165) is 12.1 Å². The summed E-state index contributed by atoms with van der Waals surface area (Å²) in [5, 5.41) is 0. The molecule has 0 aliphatic carbocycles. The van der Waals surface area contributed by atoms with Crippen molar-refractivity contribution in [1.82, 2.24) is 9.55 Å². The summed E-state index contributed by atoms with van der Waals surface area (Å²) in [6.07, 6.45) is 5.03. The molecule has 1 aromatic heterocycles. The second-order valence-electron chi connectivity index (χ2n) is 4.43. The number of aryl methyl sites for hydroxylation is 1. The molecule has 6 nitrogen and oxygen atoms in total. The minimum Gasteiger partial charge on any atom is -0.493 e. The van der Waals surface area contributed by atoms with Gasteiger partial charge in [-0.3, -0.25) is 4.79 Å². The maximum Gasteiger partial charge on any atom is 0.203 e. The van der Waals surface area contributed by atoms with Crippen LogP contribution in [-0.2, 0) is 13.5 Å². The van der Waals surface area contributed by atoms with Crippen LogP contribution in [0.1, 0.15) is 16.2 Å². The highest BCUT2D eigenvalue weighted by Crippen LogP contribution is 2.38. The first kappa shape index (κ1) is 14.9. The Bertz CT molecular complexity index is 597.